The van der Waals surface area contributed by atoms with Crippen molar-refractivity contribution < 1.29 is 20.8 Å². The summed E-state index contributed by atoms with van der Waals surface area (Å²) in [6.07, 6.45) is 1.12. The van der Waals surface area contributed by atoms with Gasteiger partial charge < -0.3 is 0 Å². The van der Waals surface area contributed by atoms with Crippen LogP contribution >= 0.6 is 0 Å². The Hall–Kier alpha value is -2.97. The number of imidazole rings is 1. The van der Waals surface area contributed by atoms with E-state index in [1.165, 1.54) is 24.3 Å². The summed E-state index contributed by atoms with van der Waals surface area (Å²) in [5.41, 5.74) is 2.42. The zero-order valence-corrected chi connectivity index (χ0v) is 17.5. The first-order chi connectivity index (χ1) is 13.7. The molecule has 1 heterocycles. The maximum absolute atomic E-state index is 13.2. The van der Waals surface area contributed by atoms with Crippen LogP contribution in [0.2, 0.25) is 0 Å². The number of nitrogens with zero attached hydrogens (tertiary/aromatic N) is 2. The monoisotopic (exact) mass is 427 g/mol. The summed E-state index contributed by atoms with van der Waals surface area (Å²) in [7, 11) is -7.96. The number of hydrogen-bond acceptors (Lipinski definition) is 4. The van der Waals surface area contributed by atoms with Gasteiger partial charge in [-0.1, -0.05) is 47.5 Å². The third-order valence-corrected chi connectivity index (χ3v) is 8.08. The normalized spacial score (nSPS) is 12.3. The van der Waals surface area contributed by atoms with E-state index in [4.69, 9.17) is 0 Å². The van der Waals surface area contributed by atoms with Gasteiger partial charge in [-0.15, -0.1) is 7.94 Å². The van der Waals surface area contributed by atoms with Gasteiger partial charge in [-0.25, -0.2) is 0 Å². The lowest BCUT2D eigenvalue weighted by Gasteiger charge is -2.02. The lowest BCUT2D eigenvalue weighted by Crippen LogP contribution is -2.41. The van der Waals surface area contributed by atoms with Gasteiger partial charge in [-0.05, 0) is 50.2 Å². The Kier molecular flexibility index (Phi) is 4.55. The minimum atomic E-state index is -3.98. The molecule has 0 spiro atoms. The van der Waals surface area contributed by atoms with E-state index in [9.17, 15) is 16.8 Å². The van der Waals surface area contributed by atoms with Crippen LogP contribution in [-0.2, 0) is 20.0 Å². The fourth-order valence-corrected chi connectivity index (χ4v) is 5.82. The summed E-state index contributed by atoms with van der Waals surface area (Å²) >= 11 is 0. The van der Waals surface area contributed by atoms with Crippen molar-refractivity contribution in [3.63, 3.8) is 0 Å². The van der Waals surface area contributed by atoms with E-state index in [0.717, 1.165) is 25.4 Å². The highest BCUT2D eigenvalue weighted by Crippen LogP contribution is 2.21. The molecule has 0 unspecified atom stereocenters. The number of para-hydroxylation sites is 2. The van der Waals surface area contributed by atoms with E-state index in [-0.39, 0.29) is 20.8 Å². The highest BCUT2D eigenvalue weighted by atomic mass is 32.2. The molecule has 0 aliphatic rings. The molecule has 0 fully saturated rings. The average molecular weight is 428 g/mol. The van der Waals surface area contributed by atoms with Crippen LogP contribution in [0.4, 0.5) is 0 Å². The molecule has 148 valence electrons. The zero-order chi connectivity index (χ0) is 20.8. The van der Waals surface area contributed by atoms with E-state index < -0.39 is 20.0 Å². The van der Waals surface area contributed by atoms with Crippen molar-refractivity contribution in [2.75, 3.05) is 0 Å². The molecule has 0 atom stereocenters. The molecular weight excluding hydrogens is 408 g/mol. The predicted octanol–water partition coefficient (Wildman–Crippen LogP) is 3.02. The standard InChI is InChI=1S/C21H19N2O4S2/c1-16-7-11-18(12-8-16)28(24,25)22-15-23(21-6-4-3-5-20(21)22)29(26,27)19-13-9-17(2)10-14-19/h3-15H,1-2H3/q+1. The first kappa shape index (κ1) is 19.4. The first-order valence-corrected chi connectivity index (χ1v) is 11.8. The minimum absolute atomic E-state index is 0.0868. The summed E-state index contributed by atoms with van der Waals surface area (Å²) < 4.78 is 55.0. The molecule has 0 amide bonds. The lowest BCUT2D eigenvalue weighted by atomic mass is 10.2. The predicted molar refractivity (Wildman–Crippen MR) is 110 cm³/mol. The molecule has 4 aromatic rings. The van der Waals surface area contributed by atoms with Crippen LogP contribution in [0.25, 0.3) is 11.0 Å². The maximum Gasteiger partial charge on any atom is 0.335 e. The second kappa shape index (κ2) is 6.82. The number of rotatable bonds is 4. The molecular formula is C21H19N2O4S2+. The second-order valence-corrected chi connectivity index (χ2v) is 10.5. The van der Waals surface area contributed by atoms with Crippen LogP contribution in [0.5, 0.6) is 0 Å². The molecule has 0 bridgehead atoms. The number of hydrogen-bond donors (Lipinski definition) is 0. The summed E-state index contributed by atoms with van der Waals surface area (Å²) in [6, 6.07) is 19.4. The average Bonchev–Trinajstić information content (AvgIpc) is 3.10. The smallest absolute Gasteiger partial charge is 0.178 e. The zero-order valence-electron chi connectivity index (χ0n) is 15.8. The summed E-state index contributed by atoms with van der Waals surface area (Å²) in [5.74, 6) is 0. The fourth-order valence-electron chi connectivity index (χ4n) is 3.09. The van der Waals surface area contributed by atoms with Crippen LogP contribution in [0, 0.1) is 13.8 Å². The Labute approximate surface area is 169 Å². The Bertz CT molecular complexity index is 1310. The Balaban J connectivity index is 1.97. The SMILES string of the molecule is Cc1ccc(S(=O)(=O)n2c[n+](S(=O)(=O)c3ccc(C)cc3)c3ccccc32)cc1. The van der Waals surface area contributed by atoms with Gasteiger partial charge in [0.05, 0.1) is 0 Å². The molecule has 0 saturated heterocycles. The van der Waals surface area contributed by atoms with E-state index in [2.05, 4.69) is 0 Å². The van der Waals surface area contributed by atoms with Crippen molar-refractivity contribution in [1.29, 1.82) is 0 Å². The summed E-state index contributed by atoms with van der Waals surface area (Å²) in [6.45, 7) is 3.73. The quantitative estimate of drug-likeness (QED) is 0.469. The Morgan fingerprint density at radius 2 is 1.21 bits per heavy atom. The van der Waals surface area contributed by atoms with Crippen LogP contribution in [-0.4, -0.2) is 20.8 Å². The first-order valence-electron chi connectivity index (χ1n) is 8.87. The molecule has 0 aliphatic carbocycles. The van der Waals surface area contributed by atoms with E-state index in [1.807, 2.05) is 13.8 Å². The van der Waals surface area contributed by atoms with Gasteiger partial charge in [0, 0.05) is 0 Å². The van der Waals surface area contributed by atoms with E-state index >= 15 is 0 Å². The Morgan fingerprint density at radius 1 is 0.690 bits per heavy atom. The van der Waals surface area contributed by atoms with Gasteiger partial charge >= 0.3 is 20.0 Å². The van der Waals surface area contributed by atoms with Crippen LogP contribution in [0.3, 0.4) is 0 Å². The molecule has 1 aromatic heterocycles. The lowest BCUT2D eigenvalue weighted by molar-refractivity contribution is -0.481. The molecule has 3 aromatic carbocycles. The van der Waals surface area contributed by atoms with Gasteiger partial charge in [0.25, 0.3) is 6.33 Å². The van der Waals surface area contributed by atoms with Crippen molar-refractivity contribution in [2.24, 2.45) is 0 Å². The molecule has 4 rings (SSSR count). The van der Waals surface area contributed by atoms with Gasteiger partial charge in [0.2, 0.25) is 0 Å². The summed E-state index contributed by atoms with van der Waals surface area (Å²) in [5, 5.41) is 0. The molecule has 0 saturated carbocycles. The van der Waals surface area contributed by atoms with Crippen LogP contribution in [0.1, 0.15) is 11.1 Å². The molecule has 0 N–H and O–H groups in total. The van der Waals surface area contributed by atoms with Crippen molar-refractivity contribution in [1.82, 2.24) is 3.97 Å². The largest absolute Gasteiger partial charge is 0.335 e. The minimum Gasteiger partial charge on any atom is -0.178 e. The fraction of sp³-hybridized carbons (Fsp3) is 0.0952. The topological polar surface area (TPSA) is 77.1 Å². The van der Waals surface area contributed by atoms with Gasteiger partial charge in [0.15, 0.2) is 11.0 Å². The van der Waals surface area contributed by atoms with E-state index in [1.54, 1.807) is 48.5 Å². The third-order valence-electron chi connectivity index (χ3n) is 4.72. The molecule has 8 heteroatoms. The maximum atomic E-state index is 13.2. The van der Waals surface area contributed by atoms with Crippen molar-refractivity contribution in [3.05, 3.63) is 90.3 Å². The van der Waals surface area contributed by atoms with Crippen molar-refractivity contribution in [2.45, 2.75) is 23.6 Å². The molecule has 29 heavy (non-hydrogen) atoms. The van der Waals surface area contributed by atoms with Crippen LogP contribution in [0.15, 0.2) is 88.9 Å². The van der Waals surface area contributed by atoms with Crippen LogP contribution < -0.4 is 3.97 Å². The van der Waals surface area contributed by atoms with Gasteiger partial charge in [-0.3, -0.25) is 0 Å². The van der Waals surface area contributed by atoms with Gasteiger partial charge in [0.1, 0.15) is 9.79 Å². The summed E-state index contributed by atoms with van der Waals surface area (Å²) in [4.78, 5) is 0.174. The molecule has 0 aliphatic heterocycles. The molecule has 0 radical (unpaired) electrons. The highest BCUT2D eigenvalue weighted by Gasteiger charge is 2.33. The van der Waals surface area contributed by atoms with Gasteiger partial charge in [-0.2, -0.15) is 16.8 Å². The van der Waals surface area contributed by atoms with Crippen molar-refractivity contribution >= 4 is 31.1 Å². The van der Waals surface area contributed by atoms with Crippen molar-refractivity contribution in [3.8, 4) is 0 Å². The third kappa shape index (κ3) is 3.24. The van der Waals surface area contributed by atoms with E-state index in [0.29, 0.717) is 0 Å². The number of fused-ring (bicyclic) bond motifs is 1. The molecule has 6 nitrogen and oxygen atoms in total. The highest BCUT2D eigenvalue weighted by molar-refractivity contribution is 7.90. The number of aromatic nitrogens is 2. The number of benzene rings is 3. The number of aryl methyl sites for hydroxylation is 2. The Morgan fingerprint density at radius 3 is 1.79 bits per heavy atom. The second-order valence-electron chi connectivity index (χ2n) is 6.83.